The van der Waals surface area contributed by atoms with E-state index in [0.717, 1.165) is 31.5 Å². The van der Waals surface area contributed by atoms with Crippen molar-refractivity contribution in [2.24, 2.45) is 28.9 Å². The van der Waals surface area contributed by atoms with Gasteiger partial charge < -0.3 is 10.5 Å². The highest BCUT2D eigenvalue weighted by atomic mass is 16.5. The maximum absolute atomic E-state index is 6.29. The molecule has 3 atom stereocenters. The van der Waals surface area contributed by atoms with Gasteiger partial charge in [0.1, 0.15) is 0 Å². The molecule has 1 aliphatic carbocycles. The van der Waals surface area contributed by atoms with Crippen molar-refractivity contribution in [3.63, 3.8) is 0 Å². The minimum atomic E-state index is 0.396. The van der Waals surface area contributed by atoms with Crippen LogP contribution in [0.4, 0.5) is 0 Å². The van der Waals surface area contributed by atoms with E-state index < -0.39 is 0 Å². The molecule has 0 heterocycles. The fraction of sp³-hybridized carbons (Fsp3) is 1.00. The van der Waals surface area contributed by atoms with Gasteiger partial charge in [0.15, 0.2) is 0 Å². The van der Waals surface area contributed by atoms with Gasteiger partial charge in [-0.2, -0.15) is 0 Å². The Morgan fingerprint density at radius 1 is 1.16 bits per heavy atom. The van der Waals surface area contributed by atoms with Gasteiger partial charge in [0.2, 0.25) is 0 Å². The van der Waals surface area contributed by atoms with E-state index in [2.05, 4.69) is 34.6 Å². The van der Waals surface area contributed by atoms with E-state index in [9.17, 15) is 0 Å². The summed E-state index contributed by atoms with van der Waals surface area (Å²) in [4.78, 5) is 0. The summed E-state index contributed by atoms with van der Waals surface area (Å²) in [5, 5.41) is 0. The fourth-order valence-corrected chi connectivity index (χ4v) is 3.06. The van der Waals surface area contributed by atoms with Gasteiger partial charge in [0.05, 0.1) is 0 Å². The second kappa shape index (κ2) is 7.64. The molecule has 0 aromatic rings. The van der Waals surface area contributed by atoms with E-state index in [0.29, 0.717) is 17.4 Å². The lowest BCUT2D eigenvalue weighted by Crippen LogP contribution is -2.40. The predicted molar refractivity (Wildman–Crippen MR) is 83.2 cm³/mol. The number of ether oxygens (including phenoxy) is 1. The molecule has 2 nitrogen and oxygen atoms in total. The van der Waals surface area contributed by atoms with Crippen molar-refractivity contribution in [1.29, 1.82) is 0 Å². The zero-order valence-electron chi connectivity index (χ0n) is 13.7. The average molecular weight is 269 g/mol. The molecule has 1 saturated carbocycles. The van der Waals surface area contributed by atoms with E-state index >= 15 is 0 Å². The molecule has 1 rings (SSSR count). The molecule has 0 radical (unpaired) electrons. The summed E-state index contributed by atoms with van der Waals surface area (Å²) in [6.45, 7) is 13.4. The van der Waals surface area contributed by atoms with Crippen LogP contribution in [0.15, 0.2) is 0 Å². The molecule has 0 saturated heterocycles. The SMILES string of the molecule is CC(C)CCOCCC1CC(C(C)(C)C)CCC1N. The molecule has 1 aliphatic rings. The molecule has 0 aliphatic heterocycles. The normalized spacial score (nSPS) is 28.9. The first-order valence-corrected chi connectivity index (χ1v) is 8.14. The third-order valence-corrected chi connectivity index (χ3v) is 4.74. The number of nitrogens with two attached hydrogens (primary N) is 1. The van der Waals surface area contributed by atoms with Crippen LogP contribution < -0.4 is 5.73 Å². The largest absolute Gasteiger partial charge is 0.381 e. The van der Waals surface area contributed by atoms with Crippen LogP contribution in [0.3, 0.4) is 0 Å². The van der Waals surface area contributed by atoms with Crippen LogP contribution >= 0.6 is 0 Å². The average Bonchev–Trinajstić information content (AvgIpc) is 2.29. The van der Waals surface area contributed by atoms with Crippen molar-refractivity contribution in [2.45, 2.75) is 72.8 Å². The van der Waals surface area contributed by atoms with Crippen molar-refractivity contribution >= 4 is 0 Å². The molecule has 0 amide bonds. The smallest absolute Gasteiger partial charge is 0.0469 e. The summed E-state index contributed by atoms with van der Waals surface area (Å²) in [6, 6.07) is 0.396. The van der Waals surface area contributed by atoms with E-state index in [1.165, 1.54) is 25.7 Å². The first-order chi connectivity index (χ1) is 8.80. The van der Waals surface area contributed by atoms with Crippen molar-refractivity contribution < 1.29 is 4.74 Å². The predicted octanol–water partition coefficient (Wildman–Crippen LogP) is 4.23. The highest BCUT2D eigenvalue weighted by Gasteiger charge is 2.33. The monoisotopic (exact) mass is 269 g/mol. The molecule has 2 heteroatoms. The van der Waals surface area contributed by atoms with Crippen LogP contribution in [-0.2, 0) is 4.74 Å². The summed E-state index contributed by atoms with van der Waals surface area (Å²) in [5.41, 5.74) is 6.72. The minimum Gasteiger partial charge on any atom is -0.381 e. The molecule has 0 bridgehead atoms. The first kappa shape index (κ1) is 17.0. The van der Waals surface area contributed by atoms with Crippen molar-refractivity contribution in [2.75, 3.05) is 13.2 Å². The lowest BCUT2D eigenvalue weighted by molar-refractivity contribution is 0.0759. The lowest BCUT2D eigenvalue weighted by Gasteiger charge is -2.40. The van der Waals surface area contributed by atoms with Gasteiger partial charge in [-0.15, -0.1) is 0 Å². The van der Waals surface area contributed by atoms with Gasteiger partial charge in [-0.3, -0.25) is 0 Å². The second-order valence-corrected chi connectivity index (χ2v) is 7.88. The number of rotatable bonds is 6. The first-order valence-electron chi connectivity index (χ1n) is 8.14. The molecule has 3 unspecified atom stereocenters. The highest BCUT2D eigenvalue weighted by molar-refractivity contribution is 4.87. The van der Waals surface area contributed by atoms with Gasteiger partial charge in [-0.05, 0) is 55.3 Å². The molecule has 114 valence electrons. The van der Waals surface area contributed by atoms with Gasteiger partial charge >= 0.3 is 0 Å². The highest BCUT2D eigenvalue weighted by Crippen LogP contribution is 2.40. The zero-order valence-corrected chi connectivity index (χ0v) is 13.7. The van der Waals surface area contributed by atoms with Gasteiger partial charge in [0, 0.05) is 19.3 Å². The maximum Gasteiger partial charge on any atom is 0.0469 e. The van der Waals surface area contributed by atoms with E-state index in [1.54, 1.807) is 0 Å². The van der Waals surface area contributed by atoms with Gasteiger partial charge in [0.25, 0.3) is 0 Å². The Hall–Kier alpha value is -0.0800. The van der Waals surface area contributed by atoms with E-state index in [1.807, 2.05) is 0 Å². The maximum atomic E-state index is 6.29. The van der Waals surface area contributed by atoms with Crippen molar-refractivity contribution in [3.05, 3.63) is 0 Å². The standard InChI is InChI=1S/C17H35NO/c1-13(2)8-10-19-11-9-14-12-15(17(3,4)5)6-7-16(14)18/h13-16H,6-12,18H2,1-5H3. The lowest BCUT2D eigenvalue weighted by atomic mass is 9.67. The summed E-state index contributed by atoms with van der Waals surface area (Å²) in [5.74, 6) is 2.23. The van der Waals surface area contributed by atoms with E-state index in [4.69, 9.17) is 10.5 Å². The molecule has 1 fully saturated rings. The van der Waals surface area contributed by atoms with Crippen LogP contribution in [0, 0.1) is 23.2 Å². The van der Waals surface area contributed by atoms with Gasteiger partial charge in [-0.25, -0.2) is 0 Å². The number of hydrogen-bond acceptors (Lipinski definition) is 2. The zero-order chi connectivity index (χ0) is 14.5. The Morgan fingerprint density at radius 3 is 2.42 bits per heavy atom. The van der Waals surface area contributed by atoms with E-state index in [-0.39, 0.29) is 0 Å². The summed E-state index contributed by atoms with van der Waals surface area (Å²) in [7, 11) is 0. The van der Waals surface area contributed by atoms with Crippen LogP contribution in [-0.4, -0.2) is 19.3 Å². The Morgan fingerprint density at radius 2 is 1.84 bits per heavy atom. The van der Waals surface area contributed by atoms with Crippen molar-refractivity contribution in [1.82, 2.24) is 0 Å². The second-order valence-electron chi connectivity index (χ2n) is 7.88. The van der Waals surface area contributed by atoms with Crippen LogP contribution in [0.2, 0.25) is 0 Å². The Bertz CT molecular complexity index is 244. The quantitative estimate of drug-likeness (QED) is 0.732. The van der Waals surface area contributed by atoms with Crippen LogP contribution in [0.1, 0.15) is 66.7 Å². The third kappa shape index (κ3) is 6.27. The summed E-state index contributed by atoms with van der Waals surface area (Å²) >= 11 is 0. The summed E-state index contributed by atoms with van der Waals surface area (Å²) in [6.07, 6.45) is 6.10. The fourth-order valence-electron chi connectivity index (χ4n) is 3.06. The Labute approximate surface area is 120 Å². The topological polar surface area (TPSA) is 35.2 Å². The molecule has 0 spiro atoms. The third-order valence-electron chi connectivity index (χ3n) is 4.74. The molecule has 0 aromatic carbocycles. The molecule has 19 heavy (non-hydrogen) atoms. The van der Waals surface area contributed by atoms with Crippen LogP contribution in [0.5, 0.6) is 0 Å². The molecular formula is C17H35NO. The molecule has 2 N–H and O–H groups in total. The van der Waals surface area contributed by atoms with Crippen LogP contribution in [0.25, 0.3) is 0 Å². The Kier molecular flexibility index (Phi) is 6.82. The molecule has 0 aromatic heterocycles. The van der Waals surface area contributed by atoms with Gasteiger partial charge in [-0.1, -0.05) is 34.6 Å². The minimum absolute atomic E-state index is 0.396. The summed E-state index contributed by atoms with van der Waals surface area (Å²) < 4.78 is 5.76. The number of hydrogen-bond donors (Lipinski definition) is 1. The van der Waals surface area contributed by atoms with Crippen molar-refractivity contribution in [3.8, 4) is 0 Å². The molecular weight excluding hydrogens is 234 g/mol. The Balaban J connectivity index is 2.27.